The van der Waals surface area contributed by atoms with Crippen LogP contribution < -0.4 is 5.73 Å². The molecule has 2 rings (SSSR count). The molecule has 0 bridgehead atoms. The van der Waals surface area contributed by atoms with Gasteiger partial charge in [-0.05, 0) is 24.5 Å². The highest BCUT2D eigenvalue weighted by molar-refractivity contribution is 9.10. The van der Waals surface area contributed by atoms with Gasteiger partial charge in [0.1, 0.15) is 0 Å². The van der Waals surface area contributed by atoms with Crippen molar-refractivity contribution in [3.63, 3.8) is 0 Å². The van der Waals surface area contributed by atoms with Gasteiger partial charge in [-0.2, -0.15) is 0 Å². The fourth-order valence-electron chi connectivity index (χ4n) is 1.03. The quantitative estimate of drug-likeness (QED) is 0.684. The van der Waals surface area contributed by atoms with Gasteiger partial charge < -0.3 is 5.73 Å². The number of rotatable bonds is 3. The molecule has 0 unspecified atom stereocenters. The molecule has 0 spiro atoms. The van der Waals surface area contributed by atoms with E-state index in [9.17, 15) is 0 Å². The first-order valence-corrected chi connectivity index (χ1v) is 7.94. The summed E-state index contributed by atoms with van der Waals surface area (Å²) in [6, 6.07) is 5.83. The number of thioether (sulfide) groups is 1. The molecule has 0 aliphatic rings. The summed E-state index contributed by atoms with van der Waals surface area (Å²) in [6.07, 6.45) is 1.99. The number of nitrogens with two attached hydrogens (primary N) is 1. The fraction of sp³-hybridized carbons (Fsp3) is 0.111. The van der Waals surface area contributed by atoms with Crippen molar-refractivity contribution >= 4 is 56.5 Å². The Hall–Kier alpha value is -0.240. The number of benzene rings is 1. The molecule has 0 amide bonds. The molecule has 16 heavy (non-hydrogen) atoms. The van der Waals surface area contributed by atoms with Crippen LogP contribution in [0.25, 0.3) is 0 Å². The fourth-order valence-corrected chi connectivity index (χ4v) is 3.83. The molecule has 2 aromatic rings. The number of aromatic nitrogens is 2. The second-order valence-electron chi connectivity index (χ2n) is 2.82. The summed E-state index contributed by atoms with van der Waals surface area (Å²) in [4.78, 5) is 1.01. The van der Waals surface area contributed by atoms with Crippen LogP contribution in [-0.2, 0) is 0 Å². The molecular formula is C9H8BrN3S3. The molecule has 1 aromatic carbocycles. The van der Waals surface area contributed by atoms with Gasteiger partial charge in [-0.1, -0.05) is 50.8 Å². The van der Waals surface area contributed by atoms with Gasteiger partial charge in [-0.15, -0.1) is 10.2 Å². The van der Waals surface area contributed by atoms with Gasteiger partial charge in [0, 0.05) is 15.1 Å². The lowest BCUT2D eigenvalue weighted by Crippen LogP contribution is -1.87. The molecule has 0 saturated heterocycles. The number of hydrogen-bond acceptors (Lipinski definition) is 6. The van der Waals surface area contributed by atoms with Crippen molar-refractivity contribution in [3.8, 4) is 0 Å². The predicted molar refractivity (Wildman–Crippen MR) is 74.4 cm³/mol. The monoisotopic (exact) mass is 333 g/mol. The molecular weight excluding hydrogens is 326 g/mol. The van der Waals surface area contributed by atoms with E-state index in [1.54, 1.807) is 34.9 Å². The van der Waals surface area contributed by atoms with E-state index in [-0.39, 0.29) is 0 Å². The third-order valence-corrected chi connectivity index (χ3v) is 5.27. The lowest BCUT2D eigenvalue weighted by molar-refractivity contribution is 0.956. The van der Waals surface area contributed by atoms with E-state index in [0.29, 0.717) is 0 Å². The summed E-state index contributed by atoms with van der Waals surface area (Å²) >= 11 is 8.10. The minimum Gasteiger partial charge on any atom is -0.398 e. The Morgan fingerprint density at radius 1 is 1.31 bits per heavy atom. The zero-order valence-electron chi connectivity index (χ0n) is 8.31. The Balaban J connectivity index is 2.20. The van der Waals surface area contributed by atoms with E-state index in [2.05, 4.69) is 26.1 Å². The van der Waals surface area contributed by atoms with Gasteiger partial charge in [-0.3, -0.25) is 0 Å². The average Bonchev–Trinajstić information content (AvgIpc) is 2.70. The van der Waals surface area contributed by atoms with E-state index >= 15 is 0 Å². The first kappa shape index (κ1) is 12.2. The smallest absolute Gasteiger partial charge is 0.179 e. The molecule has 0 fully saturated rings. The lowest BCUT2D eigenvalue weighted by Gasteiger charge is -2.02. The van der Waals surface area contributed by atoms with Crippen molar-refractivity contribution in [2.75, 3.05) is 12.0 Å². The minimum atomic E-state index is 0.750. The summed E-state index contributed by atoms with van der Waals surface area (Å²) in [5, 5.41) is 8.13. The van der Waals surface area contributed by atoms with Crippen LogP contribution in [0.2, 0.25) is 0 Å². The molecule has 0 aliphatic carbocycles. The molecule has 0 aliphatic heterocycles. The first-order chi connectivity index (χ1) is 7.69. The zero-order valence-corrected chi connectivity index (χ0v) is 12.3. The number of nitrogens with zero attached hydrogens (tertiary/aromatic N) is 2. The van der Waals surface area contributed by atoms with Crippen molar-refractivity contribution in [2.45, 2.75) is 13.6 Å². The van der Waals surface area contributed by atoms with Crippen molar-refractivity contribution in [3.05, 3.63) is 22.7 Å². The van der Waals surface area contributed by atoms with Gasteiger partial charge in [0.15, 0.2) is 8.68 Å². The highest BCUT2D eigenvalue weighted by atomic mass is 79.9. The van der Waals surface area contributed by atoms with Crippen LogP contribution in [0.1, 0.15) is 0 Å². The van der Waals surface area contributed by atoms with Crippen molar-refractivity contribution in [1.29, 1.82) is 0 Å². The van der Waals surface area contributed by atoms with E-state index < -0.39 is 0 Å². The van der Waals surface area contributed by atoms with Crippen LogP contribution >= 0.6 is 50.8 Å². The van der Waals surface area contributed by atoms with Crippen molar-refractivity contribution in [1.82, 2.24) is 10.2 Å². The Labute approximate surface area is 114 Å². The maximum absolute atomic E-state index is 5.91. The zero-order chi connectivity index (χ0) is 11.5. The number of nitrogen functional groups attached to an aromatic ring is 1. The molecule has 2 N–H and O–H groups in total. The van der Waals surface area contributed by atoms with Gasteiger partial charge >= 0.3 is 0 Å². The number of anilines is 1. The third kappa shape index (κ3) is 2.91. The van der Waals surface area contributed by atoms with Gasteiger partial charge in [0.2, 0.25) is 0 Å². The third-order valence-electron chi connectivity index (χ3n) is 1.73. The van der Waals surface area contributed by atoms with Crippen molar-refractivity contribution < 1.29 is 0 Å². The highest BCUT2D eigenvalue weighted by Gasteiger charge is 2.07. The van der Waals surface area contributed by atoms with Crippen LogP contribution in [0.4, 0.5) is 5.69 Å². The standard InChI is InChI=1S/C9H8BrN3S3/c1-14-8-12-13-9(16-8)15-7-3-2-5(10)4-6(7)11/h2-4H,11H2,1H3. The molecule has 0 radical (unpaired) electrons. The van der Waals surface area contributed by atoms with Crippen LogP contribution in [0.5, 0.6) is 0 Å². The van der Waals surface area contributed by atoms with E-state index in [4.69, 9.17) is 5.73 Å². The Morgan fingerprint density at radius 2 is 2.06 bits per heavy atom. The average molecular weight is 334 g/mol. The second kappa shape index (κ2) is 5.39. The Kier molecular flexibility index (Phi) is 4.12. The topological polar surface area (TPSA) is 51.8 Å². The summed E-state index contributed by atoms with van der Waals surface area (Å²) < 4.78 is 2.87. The largest absolute Gasteiger partial charge is 0.398 e. The number of hydrogen-bond donors (Lipinski definition) is 1. The maximum atomic E-state index is 5.91. The molecule has 1 heterocycles. The Bertz CT molecular complexity index is 500. The van der Waals surface area contributed by atoms with Gasteiger partial charge in [-0.25, -0.2) is 0 Å². The van der Waals surface area contributed by atoms with E-state index in [1.165, 1.54) is 0 Å². The lowest BCUT2D eigenvalue weighted by atomic mass is 10.3. The molecule has 3 nitrogen and oxygen atoms in total. The highest BCUT2D eigenvalue weighted by Crippen LogP contribution is 2.36. The van der Waals surface area contributed by atoms with Crippen molar-refractivity contribution in [2.24, 2.45) is 0 Å². The Morgan fingerprint density at radius 3 is 2.69 bits per heavy atom. The normalized spacial score (nSPS) is 10.6. The van der Waals surface area contributed by atoms with Gasteiger partial charge in [0.25, 0.3) is 0 Å². The molecule has 84 valence electrons. The van der Waals surface area contributed by atoms with Gasteiger partial charge in [0.05, 0.1) is 0 Å². The van der Waals surface area contributed by atoms with E-state index in [1.807, 2.05) is 24.5 Å². The van der Waals surface area contributed by atoms with Crippen LogP contribution in [-0.4, -0.2) is 16.5 Å². The molecule has 0 saturated carbocycles. The van der Waals surface area contributed by atoms with Crippen LogP contribution in [0, 0.1) is 0 Å². The second-order valence-corrected chi connectivity index (χ2v) is 7.06. The molecule has 1 aromatic heterocycles. The minimum absolute atomic E-state index is 0.750. The maximum Gasteiger partial charge on any atom is 0.179 e. The molecule has 0 atom stereocenters. The number of halogens is 1. The summed E-state index contributed by atoms with van der Waals surface area (Å²) in [6.45, 7) is 0. The van der Waals surface area contributed by atoms with Crippen LogP contribution in [0.15, 0.2) is 36.2 Å². The SMILES string of the molecule is CSc1nnc(Sc2ccc(Br)cc2N)s1. The summed E-state index contributed by atoms with van der Waals surface area (Å²) in [5.41, 5.74) is 6.66. The predicted octanol–water partition coefficient (Wildman–Crippen LogP) is 3.76. The van der Waals surface area contributed by atoms with E-state index in [0.717, 1.165) is 23.7 Å². The van der Waals surface area contributed by atoms with Crippen LogP contribution in [0.3, 0.4) is 0 Å². The first-order valence-electron chi connectivity index (χ1n) is 4.29. The summed E-state index contributed by atoms with van der Waals surface area (Å²) in [5.74, 6) is 0. The summed E-state index contributed by atoms with van der Waals surface area (Å²) in [7, 11) is 0. The molecule has 7 heteroatoms.